The molecule has 1 fully saturated rings. The summed E-state index contributed by atoms with van der Waals surface area (Å²) in [5.74, 6) is 0.854. The van der Waals surface area contributed by atoms with Crippen LogP contribution in [-0.2, 0) is 22.6 Å². The van der Waals surface area contributed by atoms with Crippen LogP contribution in [0.2, 0.25) is 0 Å². The van der Waals surface area contributed by atoms with E-state index in [-0.39, 0.29) is 24.0 Å². The van der Waals surface area contributed by atoms with Gasteiger partial charge < -0.3 is 14.2 Å². The number of fused-ring (bicyclic) bond motifs is 1. The largest absolute Gasteiger partial charge is 0.444 e. The lowest BCUT2D eigenvalue weighted by Crippen LogP contribution is -2.47. The summed E-state index contributed by atoms with van der Waals surface area (Å²) in [5.41, 5.74) is 0.969. The van der Waals surface area contributed by atoms with E-state index in [1.54, 1.807) is 22.9 Å². The van der Waals surface area contributed by atoms with Gasteiger partial charge in [0.25, 0.3) is 0 Å². The van der Waals surface area contributed by atoms with Crippen LogP contribution in [0.5, 0.6) is 0 Å². The third-order valence-electron chi connectivity index (χ3n) is 5.15. The Balaban J connectivity index is 1.56. The van der Waals surface area contributed by atoms with Gasteiger partial charge in [0.2, 0.25) is 11.8 Å². The quantitative estimate of drug-likeness (QED) is 0.758. The molecule has 0 bridgehead atoms. The van der Waals surface area contributed by atoms with E-state index in [0.717, 1.165) is 5.69 Å². The molecule has 2 atom stereocenters. The van der Waals surface area contributed by atoms with Crippen molar-refractivity contribution in [3.05, 3.63) is 23.6 Å². The molecule has 2 aromatic rings. The van der Waals surface area contributed by atoms with Crippen molar-refractivity contribution in [2.24, 2.45) is 0 Å². The summed E-state index contributed by atoms with van der Waals surface area (Å²) in [5, 5.41) is 8.27. The van der Waals surface area contributed by atoms with Crippen molar-refractivity contribution >= 4 is 17.7 Å². The maximum Gasteiger partial charge on any atom is 0.410 e. The molecule has 2 aromatic heterocycles. The first-order chi connectivity index (χ1) is 13.6. The first kappa shape index (κ1) is 19.4. The number of hydrogen-bond acceptors (Lipinski definition) is 7. The zero-order valence-corrected chi connectivity index (χ0v) is 17.4. The number of aryl methyl sites for hydroxylation is 1. The molecule has 0 radical (unpaired) electrons. The van der Waals surface area contributed by atoms with Crippen LogP contribution in [0.3, 0.4) is 0 Å². The fourth-order valence-electron chi connectivity index (χ4n) is 3.76. The van der Waals surface area contributed by atoms with Crippen LogP contribution in [0.4, 0.5) is 10.5 Å². The van der Waals surface area contributed by atoms with Crippen molar-refractivity contribution in [2.45, 2.75) is 71.7 Å². The fourth-order valence-corrected chi connectivity index (χ4v) is 3.76. The van der Waals surface area contributed by atoms with Crippen LogP contribution in [0.15, 0.2) is 10.7 Å². The van der Waals surface area contributed by atoms with Crippen molar-refractivity contribution in [1.82, 2.24) is 24.8 Å². The second kappa shape index (κ2) is 6.85. The normalized spacial score (nSPS) is 22.2. The summed E-state index contributed by atoms with van der Waals surface area (Å²) in [6, 6.07) is -0.0616. The zero-order chi connectivity index (χ0) is 20.9. The Morgan fingerprint density at radius 3 is 2.72 bits per heavy atom. The summed E-state index contributed by atoms with van der Waals surface area (Å²) in [4.78, 5) is 33.0. The van der Waals surface area contributed by atoms with Crippen molar-refractivity contribution in [1.29, 1.82) is 0 Å². The molecular weight excluding hydrogens is 376 g/mol. The van der Waals surface area contributed by atoms with E-state index in [2.05, 4.69) is 15.2 Å². The third-order valence-corrected chi connectivity index (χ3v) is 5.15. The standard InChI is InChI=1S/C19H26N6O4/c1-11-8-25-15(10-23(11)18(27)28-19(3,4)5)14(7-20-25)24-9-13(6-16(24)26)17-21-12(2)22-29-17/h7,11,13H,6,8-10H2,1-5H3/t11-,13?/m0/s1. The number of carbonyl (C=O) groups excluding carboxylic acids is 2. The first-order valence-corrected chi connectivity index (χ1v) is 9.77. The van der Waals surface area contributed by atoms with Crippen LogP contribution in [-0.4, -0.2) is 55.0 Å². The third kappa shape index (κ3) is 3.70. The molecule has 1 saturated heterocycles. The predicted molar refractivity (Wildman–Crippen MR) is 102 cm³/mol. The number of aromatic nitrogens is 4. The monoisotopic (exact) mass is 402 g/mol. The topological polar surface area (TPSA) is 107 Å². The maximum atomic E-state index is 12.7. The molecule has 0 saturated carbocycles. The molecule has 0 spiro atoms. The molecular formula is C19H26N6O4. The number of hydrogen-bond donors (Lipinski definition) is 0. The fraction of sp³-hybridized carbons (Fsp3) is 0.632. The van der Waals surface area contributed by atoms with Crippen LogP contribution < -0.4 is 4.90 Å². The van der Waals surface area contributed by atoms with Crippen molar-refractivity contribution in [3.63, 3.8) is 0 Å². The second-order valence-corrected chi connectivity index (χ2v) is 8.70. The number of amides is 2. The molecule has 29 heavy (non-hydrogen) atoms. The first-order valence-electron chi connectivity index (χ1n) is 9.77. The predicted octanol–water partition coefficient (Wildman–Crippen LogP) is 2.23. The van der Waals surface area contributed by atoms with E-state index < -0.39 is 5.60 Å². The Morgan fingerprint density at radius 1 is 1.31 bits per heavy atom. The van der Waals surface area contributed by atoms with E-state index in [4.69, 9.17) is 9.26 Å². The van der Waals surface area contributed by atoms with Crippen molar-refractivity contribution in [3.8, 4) is 0 Å². The zero-order valence-electron chi connectivity index (χ0n) is 17.4. The highest BCUT2D eigenvalue weighted by Crippen LogP contribution is 2.35. The Labute approximate surface area is 168 Å². The van der Waals surface area contributed by atoms with Gasteiger partial charge >= 0.3 is 6.09 Å². The number of anilines is 1. The molecule has 10 nitrogen and oxygen atoms in total. The minimum atomic E-state index is -0.572. The van der Waals surface area contributed by atoms with E-state index in [9.17, 15) is 9.59 Å². The van der Waals surface area contributed by atoms with Gasteiger partial charge in [-0.05, 0) is 34.6 Å². The smallest absolute Gasteiger partial charge is 0.410 e. The lowest BCUT2D eigenvalue weighted by atomic mass is 10.1. The SMILES string of the molecule is Cc1noc(C2CC(=O)N(c3cnn4c3CN(C(=O)OC(C)(C)C)[C@@H](C)C4)C2)n1. The van der Waals surface area contributed by atoms with Gasteiger partial charge in [-0.2, -0.15) is 10.1 Å². The highest BCUT2D eigenvalue weighted by Gasteiger charge is 2.39. The van der Waals surface area contributed by atoms with Gasteiger partial charge in [-0.3, -0.25) is 14.4 Å². The molecule has 0 N–H and O–H groups in total. The molecule has 1 unspecified atom stereocenters. The van der Waals surface area contributed by atoms with Gasteiger partial charge in [0, 0.05) is 13.0 Å². The molecule has 0 aliphatic carbocycles. The molecule has 4 heterocycles. The minimum Gasteiger partial charge on any atom is -0.444 e. The van der Waals surface area contributed by atoms with Crippen molar-refractivity contribution < 1.29 is 18.8 Å². The summed E-state index contributed by atoms with van der Waals surface area (Å²) in [6.07, 6.45) is 1.63. The summed E-state index contributed by atoms with van der Waals surface area (Å²) >= 11 is 0. The Morgan fingerprint density at radius 2 is 2.07 bits per heavy atom. The van der Waals surface area contributed by atoms with E-state index in [1.807, 2.05) is 32.4 Å². The average Bonchev–Trinajstić information content (AvgIpc) is 3.30. The Bertz CT molecular complexity index is 943. The van der Waals surface area contributed by atoms with Gasteiger partial charge in [-0.1, -0.05) is 5.16 Å². The van der Waals surface area contributed by atoms with Crippen LogP contribution in [0.25, 0.3) is 0 Å². The highest BCUT2D eigenvalue weighted by atomic mass is 16.6. The lowest BCUT2D eigenvalue weighted by Gasteiger charge is -2.36. The molecule has 2 aliphatic heterocycles. The van der Waals surface area contributed by atoms with Crippen LogP contribution >= 0.6 is 0 Å². The average molecular weight is 402 g/mol. The van der Waals surface area contributed by atoms with Gasteiger partial charge in [0.15, 0.2) is 5.82 Å². The molecule has 156 valence electrons. The van der Waals surface area contributed by atoms with Crippen molar-refractivity contribution in [2.75, 3.05) is 11.4 Å². The lowest BCUT2D eigenvalue weighted by molar-refractivity contribution is -0.117. The Hall–Kier alpha value is -2.91. The minimum absolute atomic E-state index is 0.0240. The summed E-state index contributed by atoms with van der Waals surface area (Å²) in [7, 11) is 0. The van der Waals surface area contributed by atoms with Gasteiger partial charge in [0.05, 0.1) is 42.6 Å². The van der Waals surface area contributed by atoms with E-state index in [0.29, 0.717) is 43.5 Å². The number of ether oxygens (including phenoxy) is 1. The Kier molecular flexibility index (Phi) is 4.59. The second-order valence-electron chi connectivity index (χ2n) is 8.70. The number of rotatable bonds is 2. The summed E-state index contributed by atoms with van der Waals surface area (Å²) < 4.78 is 12.7. The molecule has 4 rings (SSSR count). The molecule has 2 aliphatic rings. The van der Waals surface area contributed by atoms with E-state index >= 15 is 0 Å². The van der Waals surface area contributed by atoms with Crippen LogP contribution in [0, 0.1) is 6.92 Å². The number of carbonyl (C=O) groups is 2. The van der Waals surface area contributed by atoms with Gasteiger partial charge in [0.1, 0.15) is 5.60 Å². The molecule has 10 heteroatoms. The van der Waals surface area contributed by atoms with Gasteiger partial charge in [-0.25, -0.2) is 4.79 Å². The maximum absolute atomic E-state index is 12.7. The van der Waals surface area contributed by atoms with E-state index in [1.165, 1.54) is 0 Å². The van der Waals surface area contributed by atoms with Gasteiger partial charge in [-0.15, -0.1) is 0 Å². The highest BCUT2D eigenvalue weighted by molar-refractivity contribution is 5.96. The molecule has 2 amide bonds. The summed E-state index contributed by atoms with van der Waals surface area (Å²) in [6.45, 7) is 10.6. The number of nitrogens with zero attached hydrogens (tertiary/aromatic N) is 6. The molecule has 0 aromatic carbocycles. The van der Waals surface area contributed by atoms with Crippen LogP contribution in [0.1, 0.15) is 57.4 Å².